The summed E-state index contributed by atoms with van der Waals surface area (Å²) in [4.78, 5) is 0. The first-order valence-electron chi connectivity index (χ1n) is 12.2. The summed E-state index contributed by atoms with van der Waals surface area (Å²) >= 11 is 0. The van der Waals surface area contributed by atoms with E-state index in [-0.39, 0.29) is 35.5 Å². The van der Waals surface area contributed by atoms with Crippen LogP contribution in [0, 0.1) is 23.4 Å². The lowest BCUT2D eigenvalue weighted by Crippen LogP contribution is -2.20. The van der Waals surface area contributed by atoms with Gasteiger partial charge in [-0.05, 0) is 78.8 Å². The van der Waals surface area contributed by atoms with Crippen molar-refractivity contribution in [1.82, 2.24) is 0 Å². The first-order valence-corrected chi connectivity index (χ1v) is 12.2. The number of aliphatic hydroxyl groups is 1. The van der Waals surface area contributed by atoms with E-state index in [1.165, 1.54) is 18.2 Å². The summed E-state index contributed by atoms with van der Waals surface area (Å²) in [5.41, 5.74) is 2.03. The van der Waals surface area contributed by atoms with Crippen molar-refractivity contribution in [3.63, 3.8) is 0 Å². The van der Waals surface area contributed by atoms with Crippen LogP contribution >= 0.6 is 0 Å². The van der Waals surface area contributed by atoms with Gasteiger partial charge in [-0.2, -0.15) is 4.39 Å². The highest BCUT2D eigenvalue weighted by Crippen LogP contribution is 2.38. The zero-order valence-corrected chi connectivity index (χ0v) is 19.8. The molecule has 3 aromatic carbocycles. The fourth-order valence-electron chi connectivity index (χ4n) is 4.89. The minimum atomic E-state index is -1.02. The lowest BCUT2D eigenvalue weighted by molar-refractivity contribution is 0.166. The Labute approximate surface area is 204 Å². The fourth-order valence-corrected chi connectivity index (χ4v) is 4.89. The number of ether oxygens (including phenoxy) is 1. The van der Waals surface area contributed by atoms with Crippen LogP contribution < -0.4 is 4.74 Å². The molecule has 0 heterocycles. The van der Waals surface area contributed by atoms with E-state index in [0.717, 1.165) is 43.7 Å². The fraction of sp³-hybridized carbons (Fsp3) is 0.379. The Bertz CT molecular complexity index is 1140. The van der Waals surface area contributed by atoms with Crippen LogP contribution in [0.2, 0.25) is 0 Å². The van der Waals surface area contributed by atoms with Crippen LogP contribution in [0.25, 0.3) is 11.1 Å². The van der Waals surface area contributed by atoms with E-state index in [9.17, 15) is 23.4 Å². The van der Waals surface area contributed by atoms with E-state index in [2.05, 4.69) is 0 Å². The molecule has 186 valence electrons. The Morgan fingerprint density at radius 3 is 2.29 bits per heavy atom. The quantitative estimate of drug-likeness (QED) is 0.345. The molecule has 3 aromatic rings. The molecule has 0 aromatic heterocycles. The first-order chi connectivity index (χ1) is 16.9. The van der Waals surface area contributed by atoms with E-state index in [0.29, 0.717) is 17.5 Å². The molecule has 0 radical (unpaired) electrons. The molecule has 35 heavy (non-hydrogen) atoms. The molecule has 6 heteroatoms. The lowest BCUT2D eigenvalue weighted by atomic mass is 9.79. The van der Waals surface area contributed by atoms with Gasteiger partial charge in [-0.1, -0.05) is 43.7 Å². The molecule has 2 N–H and O–H groups in total. The van der Waals surface area contributed by atoms with Crippen molar-refractivity contribution in [1.29, 1.82) is 0 Å². The van der Waals surface area contributed by atoms with Gasteiger partial charge in [0.2, 0.25) is 5.82 Å². The van der Waals surface area contributed by atoms with Crippen LogP contribution in [0.4, 0.5) is 13.2 Å². The van der Waals surface area contributed by atoms with E-state index >= 15 is 0 Å². The highest BCUT2D eigenvalue weighted by atomic mass is 19.2. The van der Waals surface area contributed by atoms with Crippen molar-refractivity contribution in [3.8, 4) is 22.6 Å². The zero-order valence-electron chi connectivity index (χ0n) is 19.8. The summed E-state index contributed by atoms with van der Waals surface area (Å²) in [5, 5.41) is 19.5. The number of benzene rings is 3. The van der Waals surface area contributed by atoms with Gasteiger partial charge in [0.15, 0.2) is 11.6 Å². The predicted octanol–water partition coefficient (Wildman–Crippen LogP) is 7.66. The SMILES string of the molecule is CCCC(O)c1ccc(-c2ccc(OCC3CCC(c4ccc(O)cc4F)CC3)c(F)c2F)cc1. The second kappa shape index (κ2) is 11.2. The second-order valence-electron chi connectivity index (χ2n) is 9.40. The minimum Gasteiger partial charge on any atom is -0.508 e. The van der Waals surface area contributed by atoms with Crippen LogP contribution in [0.15, 0.2) is 54.6 Å². The standard InChI is InChI=1S/C29H31F3O3/c1-2-3-26(34)21-10-8-20(9-11-21)24-14-15-27(29(32)28(24)31)35-17-18-4-6-19(7-5-18)23-13-12-22(33)16-25(23)30/h8-16,18-19,26,33-34H,2-7,17H2,1H3. The maximum atomic E-state index is 14.8. The average Bonchev–Trinajstić information content (AvgIpc) is 2.86. The second-order valence-corrected chi connectivity index (χ2v) is 9.40. The zero-order chi connectivity index (χ0) is 24.9. The first kappa shape index (κ1) is 25.1. The topological polar surface area (TPSA) is 49.7 Å². The summed E-state index contributed by atoms with van der Waals surface area (Å²) < 4.78 is 49.4. The molecule has 0 aliphatic heterocycles. The number of hydrogen-bond donors (Lipinski definition) is 2. The number of halogens is 3. The Balaban J connectivity index is 1.36. The van der Waals surface area contributed by atoms with Gasteiger partial charge >= 0.3 is 0 Å². The van der Waals surface area contributed by atoms with E-state index in [1.54, 1.807) is 30.3 Å². The molecule has 4 rings (SSSR count). The molecule has 0 spiro atoms. The highest BCUT2D eigenvalue weighted by Gasteiger charge is 2.25. The van der Waals surface area contributed by atoms with Crippen LogP contribution in [-0.2, 0) is 0 Å². The number of aliphatic hydroxyl groups excluding tert-OH is 1. The minimum absolute atomic E-state index is 0.0785. The number of phenols is 1. The van der Waals surface area contributed by atoms with E-state index in [1.807, 2.05) is 6.92 Å². The van der Waals surface area contributed by atoms with Gasteiger partial charge in [-0.15, -0.1) is 0 Å². The van der Waals surface area contributed by atoms with Gasteiger partial charge in [-0.3, -0.25) is 0 Å². The van der Waals surface area contributed by atoms with Crippen LogP contribution in [0.5, 0.6) is 11.5 Å². The maximum Gasteiger partial charge on any atom is 0.201 e. The van der Waals surface area contributed by atoms with Gasteiger partial charge in [0.1, 0.15) is 11.6 Å². The summed E-state index contributed by atoms with van der Waals surface area (Å²) in [6.07, 6.45) is 4.06. The molecular formula is C29H31F3O3. The third-order valence-corrected chi connectivity index (χ3v) is 6.96. The number of rotatable bonds is 8. The third-order valence-electron chi connectivity index (χ3n) is 6.96. The van der Waals surface area contributed by atoms with Crippen molar-refractivity contribution in [2.75, 3.05) is 6.61 Å². The monoisotopic (exact) mass is 484 g/mol. The molecule has 1 atom stereocenters. The van der Waals surface area contributed by atoms with Crippen molar-refractivity contribution in [3.05, 3.63) is 83.2 Å². The third kappa shape index (κ3) is 5.81. The maximum absolute atomic E-state index is 14.8. The Morgan fingerprint density at radius 1 is 0.914 bits per heavy atom. The van der Waals surface area contributed by atoms with Crippen LogP contribution in [0.3, 0.4) is 0 Å². The molecule has 1 aliphatic rings. The number of hydrogen-bond acceptors (Lipinski definition) is 3. The lowest BCUT2D eigenvalue weighted by Gasteiger charge is -2.29. The van der Waals surface area contributed by atoms with Gasteiger partial charge < -0.3 is 14.9 Å². The molecule has 0 bridgehead atoms. The van der Waals surface area contributed by atoms with E-state index in [4.69, 9.17) is 4.74 Å². The molecule has 0 saturated heterocycles. The summed E-state index contributed by atoms with van der Waals surface area (Å²) in [6.45, 7) is 2.26. The summed E-state index contributed by atoms with van der Waals surface area (Å²) in [5.74, 6) is -2.32. The molecule has 0 amide bonds. The smallest absolute Gasteiger partial charge is 0.201 e. The van der Waals surface area contributed by atoms with Crippen molar-refractivity contribution in [2.45, 2.75) is 57.5 Å². The average molecular weight is 485 g/mol. The molecule has 1 saturated carbocycles. The van der Waals surface area contributed by atoms with Gasteiger partial charge in [-0.25, -0.2) is 8.78 Å². The van der Waals surface area contributed by atoms with Crippen LogP contribution in [0.1, 0.15) is 68.6 Å². The van der Waals surface area contributed by atoms with E-state index < -0.39 is 23.6 Å². The Kier molecular flexibility index (Phi) is 8.01. The van der Waals surface area contributed by atoms with Crippen molar-refractivity contribution < 1.29 is 28.1 Å². The Morgan fingerprint density at radius 2 is 1.63 bits per heavy atom. The molecule has 1 fully saturated rings. The highest BCUT2D eigenvalue weighted by molar-refractivity contribution is 5.65. The molecule has 3 nitrogen and oxygen atoms in total. The normalized spacial score (nSPS) is 18.9. The molecular weight excluding hydrogens is 453 g/mol. The van der Waals surface area contributed by atoms with Crippen molar-refractivity contribution in [2.24, 2.45) is 5.92 Å². The number of aromatic hydroxyl groups is 1. The van der Waals surface area contributed by atoms with Gasteiger partial charge in [0, 0.05) is 11.6 Å². The predicted molar refractivity (Wildman–Crippen MR) is 130 cm³/mol. The Hall–Kier alpha value is -2.99. The number of phenolic OH excluding ortho intramolecular Hbond substituents is 1. The van der Waals surface area contributed by atoms with Gasteiger partial charge in [0.05, 0.1) is 12.7 Å². The summed E-state index contributed by atoms with van der Waals surface area (Å²) in [6, 6.07) is 14.1. The molecule has 1 unspecified atom stereocenters. The summed E-state index contributed by atoms with van der Waals surface area (Å²) in [7, 11) is 0. The van der Waals surface area contributed by atoms with Gasteiger partial charge in [0.25, 0.3) is 0 Å². The largest absolute Gasteiger partial charge is 0.508 e. The molecule has 1 aliphatic carbocycles. The van der Waals surface area contributed by atoms with Crippen molar-refractivity contribution >= 4 is 0 Å². The van der Waals surface area contributed by atoms with Crippen LogP contribution in [-0.4, -0.2) is 16.8 Å².